The molecule has 76 valence electrons. The van der Waals surface area contributed by atoms with Crippen LogP contribution in [0, 0.1) is 0 Å². The topological polar surface area (TPSA) is 32.7 Å². The van der Waals surface area contributed by atoms with Crippen molar-refractivity contribution in [3.8, 4) is 0 Å². The molecule has 0 spiro atoms. The summed E-state index contributed by atoms with van der Waals surface area (Å²) < 4.78 is 17.7. The van der Waals surface area contributed by atoms with Gasteiger partial charge in [-0.15, -0.1) is 0 Å². The van der Waals surface area contributed by atoms with Crippen LogP contribution in [-0.4, -0.2) is 54.6 Å². The van der Waals surface area contributed by atoms with E-state index in [1.54, 1.807) is 0 Å². The van der Waals surface area contributed by atoms with E-state index in [1.165, 1.54) is 0 Å². The summed E-state index contributed by atoms with van der Waals surface area (Å²) in [6.45, 7) is 1.51. The van der Waals surface area contributed by atoms with E-state index in [2.05, 4.69) is 4.90 Å². The monoisotopic (exact) mass is 189 g/mol. The van der Waals surface area contributed by atoms with E-state index >= 15 is 0 Å². The number of fused-ring (bicyclic) bond motifs is 2. The molecule has 0 aromatic rings. The average Bonchev–Trinajstić information content (AvgIpc) is 2.46. The molecule has 2 saturated heterocycles. The molecule has 0 aliphatic carbocycles. The lowest BCUT2D eigenvalue weighted by atomic mass is 10.2. The molecule has 0 radical (unpaired) electrons. The van der Waals surface area contributed by atoms with Crippen LogP contribution in [0.4, 0.5) is 4.39 Å². The second-order valence-corrected chi connectivity index (χ2v) is 3.98. The fourth-order valence-electron chi connectivity index (χ4n) is 2.20. The number of β-amino-alcohol motifs (C(OH)–C–C–N with tert-alkyl or cyclic N) is 1. The van der Waals surface area contributed by atoms with E-state index in [-0.39, 0.29) is 0 Å². The van der Waals surface area contributed by atoms with Crippen molar-refractivity contribution in [2.75, 3.05) is 26.3 Å². The average molecular weight is 189 g/mol. The zero-order valence-electron chi connectivity index (χ0n) is 7.66. The van der Waals surface area contributed by atoms with Gasteiger partial charge in [0.2, 0.25) is 0 Å². The summed E-state index contributed by atoms with van der Waals surface area (Å²) in [4.78, 5) is 2.11. The van der Waals surface area contributed by atoms with Crippen LogP contribution in [0.2, 0.25) is 0 Å². The third-order valence-electron chi connectivity index (χ3n) is 2.77. The van der Waals surface area contributed by atoms with Gasteiger partial charge in [-0.05, 0) is 12.8 Å². The summed E-state index contributed by atoms with van der Waals surface area (Å²) in [6.07, 6.45) is 2.06. The summed E-state index contributed by atoms with van der Waals surface area (Å²) in [7, 11) is 0. The first kappa shape index (κ1) is 9.37. The Morgan fingerprint density at radius 2 is 2.00 bits per heavy atom. The number of nitrogens with zero attached hydrogens (tertiary/aromatic N) is 1. The van der Waals surface area contributed by atoms with Gasteiger partial charge in [0.25, 0.3) is 0 Å². The van der Waals surface area contributed by atoms with Crippen LogP contribution in [0.5, 0.6) is 0 Å². The highest BCUT2D eigenvalue weighted by atomic mass is 19.1. The lowest BCUT2D eigenvalue weighted by Crippen LogP contribution is -2.46. The second kappa shape index (κ2) is 3.90. The van der Waals surface area contributed by atoms with E-state index in [0.29, 0.717) is 18.8 Å². The standard InChI is InChI=1S/C9H16FNO2/c10-3-7(12)4-11-5-8-1-2-9(6-11)13-8/h7-9,12H,1-6H2. The molecule has 3 unspecified atom stereocenters. The molecule has 0 saturated carbocycles. The molecule has 3 nitrogen and oxygen atoms in total. The van der Waals surface area contributed by atoms with Gasteiger partial charge in [-0.3, -0.25) is 4.90 Å². The van der Waals surface area contributed by atoms with Gasteiger partial charge in [0, 0.05) is 19.6 Å². The predicted molar refractivity (Wildman–Crippen MR) is 46.3 cm³/mol. The summed E-state index contributed by atoms with van der Waals surface area (Å²) >= 11 is 0. The summed E-state index contributed by atoms with van der Waals surface area (Å²) in [6, 6.07) is 0. The van der Waals surface area contributed by atoms with Gasteiger partial charge in [-0.1, -0.05) is 0 Å². The molecule has 2 rings (SSSR count). The van der Waals surface area contributed by atoms with Gasteiger partial charge in [0.05, 0.1) is 18.3 Å². The third kappa shape index (κ3) is 2.18. The minimum Gasteiger partial charge on any atom is -0.389 e. The maximum absolute atomic E-state index is 12.0. The fraction of sp³-hybridized carbons (Fsp3) is 1.00. The van der Waals surface area contributed by atoms with Crippen LogP contribution in [-0.2, 0) is 4.74 Å². The highest BCUT2D eigenvalue weighted by molar-refractivity contribution is 4.85. The van der Waals surface area contributed by atoms with E-state index in [0.717, 1.165) is 25.9 Å². The zero-order chi connectivity index (χ0) is 9.26. The Morgan fingerprint density at radius 1 is 1.38 bits per heavy atom. The molecule has 0 amide bonds. The second-order valence-electron chi connectivity index (χ2n) is 3.98. The number of halogens is 1. The number of ether oxygens (including phenoxy) is 1. The first-order valence-electron chi connectivity index (χ1n) is 4.90. The van der Waals surface area contributed by atoms with Gasteiger partial charge in [-0.25, -0.2) is 4.39 Å². The Hall–Kier alpha value is -0.190. The molecule has 2 bridgehead atoms. The smallest absolute Gasteiger partial charge is 0.117 e. The molecule has 1 N–H and O–H groups in total. The number of hydrogen-bond acceptors (Lipinski definition) is 3. The van der Waals surface area contributed by atoms with Crippen molar-refractivity contribution in [3.05, 3.63) is 0 Å². The van der Waals surface area contributed by atoms with E-state index in [9.17, 15) is 4.39 Å². The van der Waals surface area contributed by atoms with Crippen molar-refractivity contribution in [2.45, 2.75) is 31.2 Å². The first-order chi connectivity index (χ1) is 6.28. The van der Waals surface area contributed by atoms with Crippen molar-refractivity contribution in [1.82, 2.24) is 4.90 Å². The van der Waals surface area contributed by atoms with Crippen molar-refractivity contribution in [1.29, 1.82) is 0 Å². The quantitative estimate of drug-likeness (QED) is 0.687. The number of aliphatic hydroxyl groups is 1. The van der Waals surface area contributed by atoms with E-state index in [1.807, 2.05) is 0 Å². The largest absolute Gasteiger partial charge is 0.389 e. The van der Waals surface area contributed by atoms with Crippen molar-refractivity contribution < 1.29 is 14.2 Å². The third-order valence-corrected chi connectivity index (χ3v) is 2.77. The number of hydrogen-bond donors (Lipinski definition) is 1. The van der Waals surface area contributed by atoms with Crippen LogP contribution in [0.3, 0.4) is 0 Å². The maximum atomic E-state index is 12.0. The summed E-state index contributed by atoms with van der Waals surface area (Å²) in [5, 5.41) is 9.15. The predicted octanol–water partition coefficient (Wildman–Crippen LogP) is 0.180. The van der Waals surface area contributed by atoms with Crippen LogP contribution in [0.25, 0.3) is 0 Å². The zero-order valence-corrected chi connectivity index (χ0v) is 7.66. The van der Waals surface area contributed by atoms with Crippen molar-refractivity contribution in [3.63, 3.8) is 0 Å². The van der Waals surface area contributed by atoms with Gasteiger partial charge >= 0.3 is 0 Å². The highest BCUT2D eigenvalue weighted by Gasteiger charge is 2.33. The molecular formula is C9H16FNO2. The van der Waals surface area contributed by atoms with Crippen LogP contribution < -0.4 is 0 Å². The minimum absolute atomic E-state index is 0.325. The van der Waals surface area contributed by atoms with Crippen LogP contribution >= 0.6 is 0 Å². The van der Waals surface area contributed by atoms with Gasteiger partial charge in [0.1, 0.15) is 6.67 Å². The molecule has 4 heteroatoms. The number of likely N-dealkylation sites (tertiary alicyclic amines) is 1. The first-order valence-corrected chi connectivity index (χ1v) is 4.90. The molecular weight excluding hydrogens is 173 g/mol. The number of rotatable bonds is 3. The van der Waals surface area contributed by atoms with E-state index < -0.39 is 12.8 Å². The van der Waals surface area contributed by atoms with Crippen molar-refractivity contribution in [2.24, 2.45) is 0 Å². The van der Waals surface area contributed by atoms with Gasteiger partial charge in [-0.2, -0.15) is 0 Å². The number of aliphatic hydroxyl groups excluding tert-OH is 1. The van der Waals surface area contributed by atoms with E-state index in [4.69, 9.17) is 9.84 Å². The SMILES string of the molecule is OC(CF)CN1CC2CCC(C1)O2. The summed E-state index contributed by atoms with van der Waals surface area (Å²) in [5.41, 5.74) is 0. The Balaban J connectivity index is 1.81. The Kier molecular flexibility index (Phi) is 2.81. The lowest BCUT2D eigenvalue weighted by Gasteiger charge is -2.32. The van der Waals surface area contributed by atoms with Crippen LogP contribution in [0.1, 0.15) is 12.8 Å². The molecule has 2 aliphatic heterocycles. The minimum atomic E-state index is -0.822. The van der Waals surface area contributed by atoms with Gasteiger partial charge < -0.3 is 9.84 Å². The molecule has 2 aliphatic rings. The molecule has 2 fully saturated rings. The Morgan fingerprint density at radius 3 is 2.54 bits per heavy atom. The lowest BCUT2D eigenvalue weighted by molar-refractivity contribution is -0.0510. The number of morpholine rings is 1. The van der Waals surface area contributed by atoms with Crippen LogP contribution in [0.15, 0.2) is 0 Å². The fourth-order valence-corrected chi connectivity index (χ4v) is 2.20. The van der Waals surface area contributed by atoms with Crippen molar-refractivity contribution >= 4 is 0 Å². The molecule has 3 atom stereocenters. The normalized spacial score (nSPS) is 36.5. The summed E-state index contributed by atoms with van der Waals surface area (Å²) in [5.74, 6) is 0. The Bertz CT molecular complexity index is 167. The molecule has 0 aromatic carbocycles. The number of alkyl halides is 1. The molecule has 0 aromatic heterocycles. The molecule has 2 heterocycles. The maximum Gasteiger partial charge on any atom is 0.117 e. The Labute approximate surface area is 77.5 Å². The van der Waals surface area contributed by atoms with Gasteiger partial charge in [0.15, 0.2) is 0 Å². The highest BCUT2D eigenvalue weighted by Crippen LogP contribution is 2.26. The molecule has 13 heavy (non-hydrogen) atoms.